The number of hydrogen-bond acceptors (Lipinski definition) is 8. The first-order valence-electron chi connectivity index (χ1n) is 10.0. The molecule has 3 heterocycles. The zero-order valence-electron chi connectivity index (χ0n) is 16.7. The monoisotopic (exact) mass is 395 g/mol. The van der Waals surface area contributed by atoms with Gasteiger partial charge in [0, 0.05) is 36.5 Å². The Balaban J connectivity index is 1.38. The minimum atomic E-state index is 0.427. The maximum absolute atomic E-state index is 6.25. The maximum Gasteiger partial charge on any atom is 0.227 e. The predicted molar refractivity (Wildman–Crippen MR) is 110 cm³/mol. The van der Waals surface area contributed by atoms with Crippen LogP contribution in [0, 0.1) is 0 Å². The summed E-state index contributed by atoms with van der Waals surface area (Å²) < 4.78 is 13.0. The summed E-state index contributed by atoms with van der Waals surface area (Å²) >= 11 is 0. The molecule has 2 N–H and O–H groups in total. The summed E-state index contributed by atoms with van der Waals surface area (Å²) in [7, 11) is 3.21. The molecule has 0 unspecified atom stereocenters. The molecule has 1 saturated carbocycles. The van der Waals surface area contributed by atoms with Crippen molar-refractivity contribution < 1.29 is 9.47 Å². The second-order valence-corrected chi connectivity index (χ2v) is 7.72. The van der Waals surface area contributed by atoms with Crippen LogP contribution in [0.4, 0.5) is 11.8 Å². The largest absolute Gasteiger partial charge is 0.493 e. The molecule has 1 aliphatic heterocycles. The van der Waals surface area contributed by atoms with Crippen molar-refractivity contribution in [1.29, 1.82) is 0 Å². The third-order valence-corrected chi connectivity index (χ3v) is 5.90. The number of ether oxygens (including phenoxy) is 2. The highest BCUT2D eigenvalue weighted by atomic mass is 16.5. The van der Waals surface area contributed by atoms with E-state index in [1.807, 2.05) is 18.5 Å². The van der Waals surface area contributed by atoms with Crippen LogP contribution in [0.2, 0.25) is 0 Å². The number of nitrogen functional groups attached to an aromatic ring is 1. The van der Waals surface area contributed by atoms with Crippen molar-refractivity contribution in [3.05, 3.63) is 24.3 Å². The van der Waals surface area contributed by atoms with Crippen LogP contribution in [0.5, 0.6) is 11.5 Å². The van der Waals surface area contributed by atoms with Crippen molar-refractivity contribution in [2.75, 3.05) is 37.9 Å². The van der Waals surface area contributed by atoms with Gasteiger partial charge < -0.3 is 24.7 Å². The Hall–Kier alpha value is -3.10. The van der Waals surface area contributed by atoms with Gasteiger partial charge in [0.25, 0.3) is 0 Å². The average Bonchev–Trinajstić information content (AvgIpc) is 3.49. The molecule has 0 spiro atoms. The number of nitrogens with two attached hydrogens (primary N) is 1. The maximum atomic E-state index is 6.25. The molecular weight excluding hydrogens is 370 g/mol. The fraction of sp³-hybridized carbons (Fsp3) is 0.500. The van der Waals surface area contributed by atoms with Crippen molar-refractivity contribution in [3.63, 3.8) is 0 Å². The topological polar surface area (TPSA) is 104 Å². The molecule has 3 aromatic rings. The first-order valence-corrected chi connectivity index (χ1v) is 10.0. The van der Waals surface area contributed by atoms with Gasteiger partial charge in [0.15, 0.2) is 11.5 Å². The molecule has 152 valence electrons. The highest BCUT2D eigenvalue weighted by molar-refractivity contribution is 5.91. The summed E-state index contributed by atoms with van der Waals surface area (Å²) in [6.45, 7) is 1.72. The lowest BCUT2D eigenvalue weighted by atomic mass is 9.96. The van der Waals surface area contributed by atoms with E-state index >= 15 is 0 Å². The van der Waals surface area contributed by atoms with Gasteiger partial charge in [-0.3, -0.25) is 0 Å². The first-order chi connectivity index (χ1) is 14.2. The Morgan fingerprint density at radius 3 is 2.41 bits per heavy atom. The van der Waals surface area contributed by atoms with Crippen LogP contribution in [-0.2, 0) is 0 Å². The molecule has 0 amide bonds. The number of rotatable bonds is 5. The van der Waals surface area contributed by atoms with E-state index in [0.717, 1.165) is 42.7 Å². The van der Waals surface area contributed by atoms with Crippen LogP contribution < -0.4 is 20.1 Å². The van der Waals surface area contributed by atoms with Gasteiger partial charge in [-0.2, -0.15) is 4.98 Å². The summed E-state index contributed by atoms with van der Waals surface area (Å²) in [6, 6.07) is 4.28. The van der Waals surface area contributed by atoms with Gasteiger partial charge in [-0.1, -0.05) is 0 Å². The number of fused-ring (bicyclic) bond motifs is 1. The molecule has 0 bridgehead atoms. The predicted octanol–water partition coefficient (Wildman–Crippen LogP) is 2.54. The fourth-order valence-corrected chi connectivity index (χ4v) is 4.12. The Labute approximate surface area is 168 Å². The molecule has 0 atom stereocenters. The summed E-state index contributed by atoms with van der Waals surface area (Å²) in [4.78, 5) is 11.5. The molecular formula is C20H25N7O2. The minimum absolute atomic E-state index is 0.427. The van der Waals surface area contributed by atoms with Gasteiger partial charge in [0.2, 0.25) is 5.95 Å². The van der Waals surface area contributed by atoms with Crippen LogP contribution in [-0.4, -0.2) is 52.0 Å². The van der Waals surface area contributed by atoms with Crippen molar-refractivity contribution in [1.82, 2.24) is 24.7 Å². The summed E-state index contributed by atoms with van der Waals surface area (Å²) in [6.07, 6.45) is 6.36. The Morgan fingerprint density at radius 1 is 1.00 bits per heavy atom. The van der Waals surface area contributed by atoms with Crippen LogP contribution in [0.15, 0.2) is 18.5 Å². The molecule has 9 heteroatoms. The number of methoxy groups -OCH3 is 2. The van der Waals surface area contributed by atoms with E-state index < -0.39 is 0 Å². The number of piperidine rings is 1. The second kappa shape index (κ2) is 7.06. The molecule has 1 aliphatic carbocycles. The van der Waals surface area contributed by atoms with Gasteiger partial charge in [0.1, 0.15) is 18.0 Å². The van der Waals surface area contributed by atoms with Crippen molar-refractivity contribution in [2.24, 2.45) is 0 Å². The molecule has 2 fully saturated rings. The Bertz CT molecular complexity index is 1040. The van der Waals surface area contributed by atoms with Crippen molar-refractivity contribution in [2.45, 2.75) is 37.6 Å². The minimum Gasteiger partial charge on any atom is -0.493 e. The fourth-order valence-electron chi connectivity index (χ4n) is 4.12. The number of hydrogen-bond donors (Lipinski definition) is 1. The molecule has 1 saturated heterocycles. The molecule has 5 rings (SSSR count). The van der Waals surface area contributed by atoms with E-state index in [-0.39, 0.29) is 0 Å². The Kier molecular flexibility index (Phi) is 4.37. The third-order valence-electron chi connectivity index (χ3n) is 5.90. The lowest BCUT2D eigenvalue weighted by Crippen LogP contribution is -2.35. The lowest BCUT2D eigenvalue weighted by Gasteiger charge is -2.32. The summed E-state index contributed by atoms with van der Waals surface area (Å²) in [5, 5.41) is 9.32. The van der Waals surface area contributed by atoms with Crippen LogP contribution in [0.1, 0.15) is 43.5 Å². The lowest BCUT2D eigenvalue weighted by molar-refractivity contribution is 0.356. The van der Waals surface area contributed by atoms with E-state index in [2.05, 4.69) is 24.6 Å². The number of aromatic nitrogens is 5. The van der Waals surface area contributed by atoms with E-state index in [0.29, 0.717) is 35.2 Å². The molecule has 1 aromatic carbocycles. The summed E-state index contributed by atoms with van der Waals surface area (Å²) in [5.74, 6) is 3.90. The van der Waals surface area contributed by atoms with Gasteiger partial charge in [-0.25, -0.2) is 4.98 Å². The van der Waals surface area contributed by atoms with Gasteiger partial charge in [-0.15, -0.1) is 10.2 Å². The molecule has 2 aromatic heterocycles. The van der Waals surface area contributed by atoms with E-state index in [9.17, 15) is 0 Å². The SMILES string of the molecule is COc1cc2nc(N3CCC(c4nncn4C4CC4)CC3)nc(N)c2cc1OC. The van der Waals surface area contributed by atoms with Crippen molar-refractivity contribution >= 4 is 22.7 Å². The number of nitrogens with zero attached hydrogens (tertiary/aromatic N) is 6. The average molecular weight is 395 g/mol. The molecule has 2 aliphatic rings. The van der Waals surface area contributed by atoms with E-state index in [4.69, 9.17) is 20.2 Å². The molecule has 0 radical (unpaired) electrons. The quantitative estimate of drug-likeness (QED) is 0.703. The highest BCUT2D eigenvalue weighted by Gasteiger charge is 2.31. The smallest absolute Gasteiger partial charge is 0.227 e. The van der Waals surface area contributed by atoms with Crippen LogP contribution >= 0.6 is 0 Å². The van der Waals surface area contributed by atoms with Crippen LogP contribution in [0.25, 0.3) is 10.9 Å². The van der Waals surface area contributed by atoms with Gasteiger partial charge in [0.05, 0.1) is 19.7 Å². The normalized spacial score (nSPS) is 17.7. The second-order valence-electron chi connectivity index (χ2n) is 7.72. The standard InChI is InChI=1S/C20H25N7O2/c1-28-16-9-14-15(10-17(16)29-2)23-20(24-18(14)21)26-7-5-12(6-8-26)19-25-22-11-27(19)13-3-4-13/h9-13H,3-8H2,1-2H3,(H2,21,23,24). The van der Waals surface area contributed by atoms with Crippen LogP contribution in [0.3, 0.4) is 0 Å². The first kappa shape index (κ1) is 18.0. The third kappa shape index (κ3) is 3.20. The van der Waals surface area contributed by atoms with E-state index in [1.165, 1.54) is 12.8 Å². The van der Waals surface area contributed by atoms with Gasteiger partial charge >= 0.3 is 0 Å². The van der Waals surface area contributed by atoms with E-state index in [1.54, 1.807) is 14.2 Å². The highest BCUT2D eigenvalue weighted by Crippen LogP contribution is 2.39. The van der Waals surface area contributed by atoms with Crippen molar-refractivity contribution in [3.8, 4) is 11.5 Å². The zero-order chi connectivity index (χ0) is 20.0. The van der Waals surface area contributed by atoms with Gasteiger partial charge in [-0.05, 0) is 31.7 Å². The molecule has 29 heavy (non-hydrogen) atoms. The number of benzene rings is 1. The Morgan fingerprint density at radius 2 is 1.72 bits per heavy atom. The summed E-state index contributed by atoms with van der Waals surface area (Å²) in [5.41, 5.74) is 7.00. The number of anilines is 2. The molecule has 9 nitrogen and oxygen atoms in total. The zero-order valence-corrected chi connectivity index (χ0v) is 16.7.